The minimum Gasteiger partial charge on any atom is -0.333 e. The molecule has 6 heteroatoms. The second-order valence-electron chi connectivity index (χ2n) is 6.89. The molecule has 1 N–H and O–H groups in total. The molecule has 0 aromatic carbocycles. The number of nitrogens with one attached hydrogen (secondary N) is 1. The molecule has 1 unspecified atom stereocenters. The Kier molecular flexibility index (Phi) is 3.76. The Morgan fingerprint density at radius 2 is 2.14 bits per heavy atom. The first-order chi connectivity index (χ1) is 10.5. The van der Waals surface area contributed by atoms with Crippen molar-refractivity contribution in [2.75, 3.05) is 6.54 Å². The van der Waals surface area contributed by atoms with E-state index in [-0.39, 0.29) is 17.6 Å². The molecule has 3 rings (SSSR count). The van der Waals surface area contributed by atoms with E-state index >= 15 is 0 Å². The van der Waals surface area contributed by atoms with E-state index in [0.717, 1.165) is 37.0 Å². The third kappa shape index (κ3) is 2.91. The van der Waals surface area contributed by atoms with Crippen LogP contribution in [0.2, 0.25) is 0 Å². The summed E-state index contributed by atoms with van der Waals surface area (Å²) in [7, 11) is 0. The Labute approximate surface area is 130 Å². The number of rotatable bonds is 1. The topological polar surface area (TPSA) is 62.5 Å². The zero-order chi connectivity index (χ0) is 15.7. The molecule has 3 heterocycles. The lowest BCUT2D eigenvalue weighted by molar-refractivity contribution is 0.142. The van der Waals surface area contributed by atoms with Gasteiger partial charge in [-0.05, 0) is 52.2 Å². The number of amides is 2. The Hall–Kier alpha value is -2.11. The summed E-state index contributed by atoms with van der Waals surface area (Å²) in [6.07, 6.45) is 6.47. The first kappa shape index (κ1) is 14.8. The highest BCUT2D eigenvalue weighted by atomic mass is 16.2. The lowest BCUT2D eigenvalue weighted by Crippen LogP contribution is -2.51. The lowest BCUT2D eigenvalue weighted by Gasteiger charge is -2.37. The minimum absolute atomic E-state index is 0.00112. The second kappa shape index (κ2) is 5.59. The van der Waals surface area contributed by atoms with E-state index in [1.54, 1.807) is 12.5 Å². The molecule has 0 aliphatic carbocycles. The van der Waals surface area contributed by atoms with E-state index in [2.05, 4.69) is 21.5 Å². The molecule has 2 aromatic rings. The second-order valence-corrected chi connectivity index (χ2v) is 6.89. The van der Waals surface area contributed by atoms with Crippen molar-refractivity contribution in [3.63, 3.8) is 0 Å². The number of nitrogens with zero attached hydrogens (tertiary/aromatic N) is 4. The Bertz CT molecular complexity index is 672. The van der Waals surface area contributed by atoms with Crippen LogP contribution in [0.25, 0.3) is 5.52 Å². The predicted molar refractivity (Wildman–Crippen MR) is 84.6 cm³/mol. The van der Waals surface area contributed by atoms with Crippen LogP contribution in [0.1, 0.15) is 51.8 Å². The van der Waals surface area contributed by atoms with Gasteiger partial charge in [0.15, 0.2) is 0 Å². The quantitative estimate of drug-likeness (QED) is 0.881. The first-order valence-corrected chi connectivity index (χ1v) is 7.82. The van der Waals surface area contributed by atoms with Crippen molar-refractivity contribution in [2.45, 2.75) is 51.6 Å². The summed E-state index contributed by atoms with van der Waals surface area (Å²) in [5, 5.41) is 7.41. The molecule has 2 aromatic heterocycles. The molecule has 22 heavy (non-hydrogen) atoms. The lowest BCUT2D eigenvalue weighted by atomic mass is 9.99. The predicted octanol–water partition coefficient (Wildman–Crippen LogP) is 2.76. The molecule has 0 bridgehead atoms. The monoisotopic (exact) mass is 301 g/mol. The zero-order valence-corrected chi connectivity index (χ0v) is 13.4. The van der Waals surface area contributed by atoms with Crippen LogP contribution in [0.15, 0.2) is 24.7 Å². The van der Waals surface area contributed by atoms with Crippen molar-refractivity contribution >= 4 is 11.5 Å². The molecule has 0 spiro atoms. The summed E-state index contributed by atoms with van der Waals surface area (Å²) in [5.41, 5.74) is 1.78. The number of fused-ring (bicyclic) bond motifs is 1. The standard InChI is InChI=1S/C16H23N5O/c1-16(2,3)19-15(22)20-9-5-4-6-13(20)14-8-7-12-10-17-11-18-21(12)14/h7-8,10-11,13H,4-6,9H2,1-3H3,(H,19,22). The fourth-order valence-corrected chi connectivity index (χ4v) is 3.01. The van der Waals surface area contributed by atoms with Gasteiger partial charge in [0.25, 0.3) is 0 Å². The van der Waals surface area contributed by atoms with Gasteiger partial charge in [0, 0.05) is 12.1 Å². The maximum atomic E-state index is 12.6. The number of hydrogen-bond donors (Lipinski definition) is 1. The summed E-state index contributed by atoms with van der Waals surface area (Å²) in [5.74, 6) is 0. The molecule has 0 radical (unpaired) electrons. The summed E-state index contributed by atoms with van der Waals surface area (Å²) in [4.78, 5) is 18.6. The third-order valence-electron chi connectivity index (χ3n) is 3.94. The highest BCUT2D eigenvalue weighted by Gasteiger charge is 2.31. The normalized spacial score (nSPS) is 19.4. The van der Waals surface area contributed by atoms with Gasteiger partial charge in [0.2, 0.25) is 0 Å². The van der Waals surface area contributed by atoms with E-state index in [1.807, 2.05) is 36.3 Å². The van der Waals surface area contributed by atoms with Crippen LogP contribution in [-0.2, 0) is 0 Å². The number of carbonyl (C=O) groups is 1. The van der Waals surface area contributed by atoms with E-state index in [4.69, 9.17) is 0 Å². The molecular formula is C16H23N5O. The molecule has 1 aliphatic heterocycles. The molecule has 1 saturated heterocycles. The van der Waals surface area contributed by atoms with Gasteiger partial charge in [-0.1, -0.05) is 0 Å². The van der Waals surface area contributed by atoms with Gasteiger partial charge in [-0.25, -0.2) is 14.3 Å². The molecule has 1 fully saturated rings. The number of aromatic nitrogens is 3. The Balaban J connectivity index is 1.91. The highest BCUT2D eigenvalue weighted by molar-refractivity contribution is 5.75. The van der Waals surface area contributed by atoms with Crippen LogP contribution >= 0.6 is 0 Å². The average molecular weight is 301 g/mol. The number of urea groups is 1. The maximum absolute atomic E-state index is 12.6. The van der Waals surface area contributed by atoms with Gasteiger partial charge >= 0.3 is 6.03 Å². The largest absolute Gasteiger partial charge is 0.333 e. The zero-order valence-electron chi connectivity index (χ0n) is 13.4. The molecule has 2 amide bonds. The highest BCUT2D eigenvalue weighted by Crippen LogP contribution is 2.31. The Morgan fingerprint density at radius 3 is 2.91 bits per heavy atom. The van der Waals surface area contributed by atoms with Crippen molar-refractivity contribution in [3.8, 4) is 0 Å². The first-order valence-electron chi connectivity index (χ1n) is 7.82. The van der Waals surface area contributed by atoms with Gasteiger partial charge in [0.1, 0.15) is 6.33 Å². The SMILES string of the molecule is CC(C)(C)NC(=O)N1CCCCC1c1ccc2cncnn12. The van der Waals surface area contributed by atoms with Gasteiger partial charge in [-0.2, -0.15) is 5.10 Å². The fraction of sp³-hybridized carbons (Fsp3) is 0.562. The number of likely N-dealkylation sites (tertiary alicyclic amines) is 1. The maximum Gasteiger partial charge on any atom is 0.318 e. The summed E-state index contributed by atoms with van der Waals surface area (Å²) < 4.78 is 1.89. The van der Waals surface area contributed by atoms with Crippen LogP contribution in [-0.4, -0.2) is 37.6 Å². The van der Waals surface area contributed by atoms with Crippen LogP contribution in [0.4, 0.5) is 4.79 Å². The fourth-order valence-electron chi connectivity index (χ4n) is 3.01. The molecule has 1 atom stereocenters. The number of hydrogen-bond acceptors (Lipinski definition) is 3. The van der Waals surface area contributed by atoms with Gasteiger partial charge in [0.05, 0.1) is 23.4 Å². The number of carbonyl (C=O) groups excluding carboxylic acids is 1. The van der Waals surface area contributed by atoms with Crippen LogP contribution in [0.3, 0.4) is 0 Å². The average Bonchev–Trinajstić information content (AvgIpc) is 2.89. The third-order valence-corrected chi connectivity index (χ3v) is 3.94. The number of piperidine rings is 1. The molecular weight excluding hydrogens is 278 g/mol. The van der Waals surface area contributed by atoms with E-state index in [1.165, 1.54) is 0 Å². The molecule has 0 saturated carbocycles. The smallest absolute Gasteiger partial charge is 0.318 e. The summed E-state index contributed by atoms with van der Waals surface area (Å²) >= 11 is 0. The molecule has 1 aliphatic rings. The van der Waals surface area contributed by atoms with Crippen LogP contribution in [0.5, 0.6) is 0 Å². The van der Waals surface area contributed by atoms with Crippen LogP contribution < -0.4 is 5.32 Å². The van der Waals surface area contributed by atoms with Gasteiger partial charge < -0.3 is 10.2 Å². The Morgan fingerprint density at radius 1 is 1.32 bits per heavy atom. The minimum atomic E-state index is -0.234. The van der Waals surface area contributed by atoms with Crippen molar-refractivity contribution in [1.29, 1.82) is 0 Å². The summed E-state index contributed by atoms with van der Waals surface area (Å²) in [6, 6.07) is 4.12. The molecule has 118 valence electrons. The van der Waals surface area contributed by atoms with Crippen molar-refractivity contribution < 1.29 is 4.79 Å². The van der Waals surface area contributed by atoms with Crippen molar-refractivity contribution in [1.82, 2.24) is 24.8 Å². The molecule has 6 nitrogen and oxygen atoms in total. The van der Waals surface area contributed by atoms with Gasteiger partial charge in [-0.15, -0.1) is 0 Å². The van der Waals surface area contributed by atoms with E-state index in [9.17, 15) is 4.79 Å². The summed E-state index contributed by atoms with van der Waals surface area (Å²) in [6.45, 7) is 6.79. The van der Waals surface area contributed by atoms with E-state index < -0.39 is 0 Å². The van der Waals surface area contributed by atoms with Crippen molar-refractivity contribution in [3.05, 3.63) is 30.4 Å². The van der Waals surface area contributed by atoms with Crippen molar-refractivity contribution in [2.24, 2.45) is 0 Å². The van der Waals surface area contributed by atoms with Crippen LogP contribution in [0, 0.1) is 0 Å². The van der Waals surface area contributed by atoms with Gasteiger partial charge in [-0.3, -0.25) is 0 Å². The van der Waals surface area contributed by atoms with E-state index in [0.29, 0.717) is 0 Å².